The van der Waals surface area contributed by atoms with Crippen molar-refractivity contribution < 1.29 is 4.79 Å². The minimum atomic E-state index is -0.159. The second kappa shape index (κ2) is 2.04. The summed E-state index contributed by atoms with van der Waals surface area (Å²) in [5.41, 5.74) is 0. The van der Waals surface area contributed by atoms with E-state index in [9.17, 15) is 4.79 Å². The van der Waals surface area contributed by atoms with Crippen LogP contribution in [-0.2, 0) is 4.79 Å². The summed E-state index contributed by atoms with van der Waals surface area (Å²) < 4.78 is 0. The van der Waals surface area contributed by atoms with Crippen LogP contribution < -0.4 is 5.32 Å². The lowest BCUT2D eigenvalue weighted by molar-refractivity contribution is -0.124. The van der Waals surface area contributed by atoms with Crippen molar-refractivity contribution in [2.24, 2.45) is 16.1 Å². The number of hydrogen-bond donors (Lipinski definition) is 1. The fourth-order valence-electron chi connectivity index (χ4n) is 1.44. The Morgan fingerprint density at radius 2 is 2.50 bits per heavy atom. The number of fused-ring (bicyclic) bond motifs is 1. The lowest BCUT2D eigenvalue weighted by atomic mass is 9.94. The summed E-state index contributed by atoms with van der Waals surface area (Å²) in [6.45, 7) is 1.54. The molecule has 0 aromatic heterocycles. The number of nitrogens with one attached hydrogen (secondary N) is 1. The Bertz CT molecular complexity index is 189. The Morgan fingerprint density at radius 1 is 1.60 bits per heavy atom. The third kappa shape index (κ3) is 0.716. The van der Waals surface area contributed by atoms with Crippen LogP contribution in [0.25, 0.3) is 0 Å². The van der Waals surface area contributed by atoms with Crippen LogP contribution in [-0.4, -0.2) is 25.0 Å². The summed E-state index contributed by atoms with van der Waals surface area (Å²) >= 11 is 0. The van der Waals surface area contributed by atoms with Crippen molar-refractivity contribution in [3.8, 4) is 0 Å². The van der Waals surface area contributed by atoms with Gasteiger partial charge in [0, 0.05) is 12.5 Å². The normalized spacial score (nSPS) is 37.4. The quantitative estimate of drug-likeness (QED) is 0.503. The van der Waals surface area contributed by atoms with Crippen LogP contribution >= 0.6 is 0 Å². The van der Waals surface area contributed by atoms with Gasteiger partial charge in [-0.2, -0.15) is 10.2 Å². The molecule has 4 nitrogen and oxygen atoms in total. The Balaban J connectivity index is 2.16. The zero-order valence-corrected chi connectivity index (χ0v) is 5.58. The van der Waals surface area contributed by atoms with Gasteiger partial charge in [0.25, 0.3) is 0 Å². The van der Waals surface area contributed by atoms with Crippen LogP contribution in [0.1, 0.15) is 6.42 Å². The van der Waals surface area contributed by atoms with Gasteiger partial charge in [0.2, 0.25) is 5.91 Å². The average Bonchev–Trinajstić information content (AvgIpc) is 2.36. The smallest absolute Gasteiger partial charge is 0.247 e. The van der Waals surface area contributed by atoms with Gasteiger partial charge in [-0.3, -0.25) is 4.79 Å². The van der Waals surface area contributed by atoms with E-state index in [0.29, 0.717) is 5.92 Å². The molecule has 2 atom stereocenters. The van der Waals surface area contributed by atoms with Crippen molar-refractivity contribution in [1.82, 2.24) is 5.32 Å². The predicted molar refractivity (Wildman–Crippen MR) is 34.6 cm³/mol. The molecule has 1 amide bonds. The van der Waals surface area contributed by atoms with Crippen molar-refractivity contribution in [2.45, 2.75) is 12.5 Å². The lowest BCUT2D eigenvalue weighted by Gasteiger charge is -2.21. The van der Waals surface area contributed by atoms with Gasteiger partial charge in [0.05, 0.1) is 6.54 Å². The van der Waals surface area contributed by atoms with Crippen LogP contribution in [0.5, 0.6) is 0 Å². The maximum atomic E-state index is 11.0. The molecule has 54 valence electrons. The summed E-state index contributed by atoms with van der Waals surface area (Å²) in [5.74, 6) is 0.450. The maximum Gasteiger partial charge on any atom is 0.247 e. The van der Waals surface area contributed by atoms with E-state index in [2.05, 4.69) is 15.5 Å². The molecule has 0 bridgehead atoms. The molecule has 1 fully saturated rings. The van der Waals surface area contributed by atoms with Crippen molar-refractivity contribution in [1.29, 1.82) is 0 Å². The van der Waals surface area contributed by atoms with E-state index in [0.717, 1.165) is 19.5 Å². The first kappa shape index (κ1) is 5.82. The topological polar surface area (TPSA) is 53.8 Å². The van der Waals surface area contributed by atoms with Gasteiger partial charge in [0.1, 0.15) is 0 Å². The number of carbonyl (C=O) groups is 1. The third-order valence-electron chi connectivity index (χ3n) is 2.05. The number of carbonyl (C=O) groups excluding carboxylic acids is 1. The van der Waals surface area contributed by atoms with E-state index in [1.54, 1.807) is 0 Å². The highest BCUT2D eigenvalue weighted by molar-refractivity contribution is 5.83. The molecular weight excluding hydrogens is 130 g/mol. The fourth-order valence-corrected chi connectivity index (χ4v) is 1.44. The third-order valence-corrected chi connectivity index (χ3v) is 2.05. The fraction of sp³-hybridized carbons (Fsp3) is 0.833. The van der Waals surface area contributed by atoms with Gasteiger partial charge >= 0.3 is 0 Å². The largest absolute Gasteiger partial charge is 0.354 e. The maximum absolute atomic E-state index is 11.0. The monoisotopic (exact) mass is 139 g/mol. The minimum Gasteiger partial charge on any atom is -0.354 e. The molecule has 0 aliphatic carbocycles. The molecule has 1 N–H and O–H groups in total. The summed E-state index contributed by atoms with van der Waals surface area (Å²) in [6.07, 6.45) is 1.03. The molecule has 2 unspecified atom stereocenters. The van der Waals surface area contributed by atoms with Gasteiger partial charge < -0.3 is 5.32 Å². The zero-order chi connectivity index (χ0) is 6.97. The predicted octanol–water partition coefficient (Wildman–Crippen LogP) is -0.0431. The Labute approximate surface area is 58.7 Å². The highest BCUT2D eigenvalue weighted by atomic mass is 16.2. The molecular formula is C6H9N3O. The molecule has 2 rings (SSSR count). The van der Waals surface area contributed by atoms with Crippen molar-refractivity contribution in [3.05, 3.63) is 0 Å². The molecule has 0 aromatic rings. The second-order valence-corrected chi connectivity index (χ2v) is 2.72. The van der Waals surface area contributed by atoms with Crippen molar-refractivity contribution in [3.63, 3.8) is 0 Å². The van der Waals surface area contributed by atoms with Gasteiger partial charge in [0.15, 0.2) is 6.04 Å². The van der Waals surface area contributed by atoms with Crippen molar-refractivity contribution in [2.75, 3.05) is 13.1 Å². The van der Waals surface area contributed by atoms with E-state index < -0.39 is 0 Å². The second-order valence-electron chi connectivity index (χ2n) is 2.72. The first-order chi connectivity index (χ1) is 4.88. The van der Waals surface area contributed by atoms with Crippen LogP contribution in [0.2, 0.25) is 0 Å². The Kier molecular flexibility index (Phi) is 1.19. The van der Waals surface area contributed by atoms with E-state index in [1.165, 1.54) is 0 Å². The summed E-state index contributed by atoms with van der Waals surface area (Å²) in [5, 5.41) is 10.5. The SMILES string of the molecule is O=C1NCCC2CN=NC12. The standard InChI is InChI=1S/C6H9N3O/c10-6-5-4(1-2-7-6)3-8-9-5/h4-5H,1-3H2,(H,7,10). The van der Waals surface area contributed by atoms with E-state index >= 15 is 0 Å². The van der Waals surface area contributed by atoms with E-state index in [1.807, 2.05) is 0 Å². The number of piperidine rings is 1. The van der Waals surface area contributed by atoms with Gasteiger partial charge in [-0.25, -0.2) is 0 Å². The lowest BCUT2D eigenvalue weighted by Crippen LogP contribution is -2.43. The van der Waals surface area contributed by atoms with E-state index in [4.69, 9.17) is 0 Å². The Morgan fingerprint density at radius 3 is 3.30 bits per heavy atom. The molecule has 0 saturated carbocycles. The number of rotatable bonds is 0. The van der Waals surface area contributed by atoms with Crippen LogP contribution in [0.4, 0.5) is 0 Å². The molecule has 10 heavy (non-hydrogen) atoms. The molecule has 4 heteroatoms. The molecule has 2 aliphatic heterocycles. The van der Waals surface area contributed by atoms with Gasteiger partial charge in [-0.1, -0.05) is 0 Å². The number of nitrogens with zero attached hydrogens (tertiary/aromatic N) is 2. The Hall–Kier alpha value is -0.930. The van der Waals surface area contributed by atoms with Crippen LogP contribution in [0.15, 0.2) is 10.2 Å². The zero-order valence-electron chi connectivity index (χ0n) is 5.58. The van der Waals surface area contributed by atoms with Crippen LogP contribution in [0, 0.1) is 5.92 Å². The number of hydrogen-bond acceptors (Lipinski definition) is 3. The number of amides is 1. The highest BCUT2D eigenvalue weighted by Crippen LogP contribution is 2.22. The summed E-state index contributed by atoms with van der Waals surface area (Å²) in [7, 11) is 0. The van der Waals surface area contributed by atoms with Crippen molar-refractivity contribution >= 4 is 5.91 Å². The molecule has 2 aliphatic rings. The number of azo groups is 1. The molecule has 2 heterocycles. The van der Waals surface area contributed by atoms with Crippen LogP contribution in [0.3, 0.4) is 0 Å². The van der Waals surface area contributed by atoms with E-state index in [-0.39, 0.29) is 11.9 Å². The summed E-state index contributed by atoms with van der Waals surface area (Å²) in [6, 6.07) is -0.159. The van der Waals surface area contributed by atoms with Gasteiger partial charge in [-0.05, 0) is 6.42 Å². The minimum absolute atomic E-state index is 0.0532. The van der Waals surface area contributed by atoms with Gasteiger partial charge in [-0.15, -0.1) is 0 Å². The molecule has 0 spiro atoms. The summed E-state index contributed by atoms with van der Waals surface area (Å²) in [4.78, 5) is 11.0. The molecule has 0 aromatic carbocycles. The average molecular weight is 139 g/mol. The first-order valence-corrected chi connectivity index (χ1v) is 3.52. The first-order valence-electron chi connectivity index (χ1n) is 3.52. The molecule has 1 saturated heterocycles. The highest BCUT2D eigenvalue weighted by Gasteiger charge is 2.34. The molecule has 0 radical (unpaired) electrons.